The first-order valence-corrected chi connectivity index (χ1v) is 7.45. The van der Waals surface area contributed by atoms with Gasteiger partial charge in [0.25, 0.3) is 0 Å². The molecular formula is C14H27N3O. The van der Waals surface area contributed by atoms with Crippen molar-refractivity contribution in [2.75, 3.05) is 13.1 Å². The van der Waals surface area contributed by atoms with Crippen molar-refractivity contribution in [2.45, 2.75) is 64.5 Å². The van der Waals surface area contributed by atoms with Crippen LogP contribution in [-0.4, -0.2) is 36.1 Å². The molecule has 2 saturated heterocycles. The van der Waals surface area contributed by atoms with E-state index in [-0.39, 0.29) is 5.91 Å². The molecule has 0 spiro atoms. The van der Waals surface area contributed by atoms with E-state index in [1.165, 1.54) is 19.3 Å². The van der Waals surface area contributed by atoms with Crippen LogP contribution in [0.2, 0.25) is 0 Å². The van der Waals surface area contributed by atoms with Crippen LogP contribution in [0.5, 0.6) is 0 Å². The average molecular weight is 253 g/mol. The highest BCUT2D eigenvalue weighted by Gasteiger charge is 2.27. The van der Waals surface area contributed by atoms with Gasteiger partial charge in [0.2, 0.25) is 5.91 Å². The van der Waals surface area contributed by atoms with Crippen LogP contribution in [0.3, 0.4) is 0 Å². The van der Waals surface area contributed by atoms with Gasteiger partial charge in [-0.1, -0.05) is 6.42 Å². The zero-order valence-electron chi connectivity index (χ0n) is 11.7. The van der Waals surface area contributed by atoms with Crippen LogP contribution in [0.15, 0.2) is 0 Å². The van der Waals surface area contributed by atoms with E-state index in [9.17, 15) is 4.79 Å². The highest BCUT2D eigenvalue weighted by molar-refractivity contribution is 5.75. The Morgan fingerprint density at radius 2 is 1.78 bits per heavy atom. The maximum atomic E-state index is 12.1. The standard InChI is InChI=1S/C14H27N3O/c1-11-4-3-5-12(2)17(11)16-14(18)10-13-6-8-15-9-7-13/h11-13,15H,3-10H2,1-2H3,(H,16,18). The van der Waals surface area contributed by atoms with Gasteiger partial charge in [-0.3, -0.25) is 10.2 Å². The molecule has 104 valence electrons. The highest BCUT2D eigenvalue weighted by Crippen LogP contribution is 2.21. The third-order valence-corrected chi connectivity index (χ3v) is 4.38. The Labute approximate surface area is 110 Å². The molecule has 2 heterocycles. The van der Waals surface area contributed by atoms with Gasteiger partial charge in [-0.15, -0.1) is 0 Å². The molecule has 0 aromatic rings. The summed E-state index contributed by atoms with van der Waals surface area (Å²) in [7, 11) is 0. The Bertz CT molecular complexity index is 266. The first-order valence-electron chi connectivity index (χ1n) is 7.45. The molecule has 0 aromatic heterocycles. The highest BCUT2D eigenvalue weighted by atomic mass is 16.2. The van der Waals surface area contributed by atoms with Gasteiger partial charge >= 0.3 is 0 Å². The molecule has 2 unspecified atom stereocenters. The summed E-state index contributed by atoms with van der Waals surface area (Å²) >= 11 is 0. The zero-order valence-corrected chi connectivity index (χ0v) is 11.7. The first kappa shape index (κ1) is 13.8. The second kappa shape index (κ2) is 6.53. The zero-order chi connectivity index (χ0) is 13.0. The van der Waals surface area contributed by atoms with E-state index in [2.05, 4.69) is 29.6 Å². The van der Waals surface area contributed by atoms with Gasteiger partial charge in [-0.05, 0) is 58.5 Å². The van der Waals surface area contributed by atoms with E-state index in [4.69, 9.17) is 0 Å². The van der Waals surface area contributed by atoms with E-state index in [0.29, 0.717) is 24.4 Å². The van der Waals surface area contributed by atoms with E-state index in [0.717, 1.165) is 25.9 Å². The fourth-order valence-electron chi connectivity index (χ4n) is 3.18. The van der Waals surface area contributed by atoms with E-state index in [1.54, 1.807) is 0 Å². The molecule has 2 atom stereocenters. The minimum atomic E-state index is 0.211. The summed E-state index contributed by atoms with van der Waals surface area (Å²) in [6.45, 7) is 6.55. The normalized spacial score (nSPS) is 31.2. The van der Waals surface area contributed by atoms with Crippen LogP contribution >= 0.6 is 0 Å². The molecule has 2 fully saturated rings. The minimum absolute atomic E-state index is 0.211. The number of amides is 1. The number of nitrogens with zero attached hydrogens (tertiary/aromatic N) is 1. The summed E-state index contributed by atoms with van der Waals surface area (Å²) in [4.78, 5) is 12.1. The predicted molar refractivity (Wildman–Crippen MR) is 73.0 cm³/mol. The van der Waals surface area contributed by atoms with Crippen LogP contribution in [0, 0.1) is 5.92 Å². The molecular weight excluding hydrogens is 226 g/mol. The quantitative estimate of drug-likeness (QED) is 0.804. The largest absolute Gasteiger partial charge is 0.317 e. The molecule has 2 aliphatic heterocycles. The lowest BCUT2D eigenvalue weighted by Crippen LogP contribution is -2.54. The molecule has 0 radical (unpaired) electrons. The summed E-state index contributed by atoms with van der Waals surface area (Å²) in [5.41, 5.74) is 3.14. The number of carbonyl (C=O) groups excluding carboxylic acids is 1. The molecule has 4 nitrogen and oxygen atoms in total. The van der Waals surface area contributed by atoms with E-state index < -0.39 is 0 Å². The van der Waals surface area contributed by atoms with Gasteiger partial charge in [0.15, 0.2) is 0 Å². The number of rotatable bonds is 3. The van der Waals surface area contributed by atoms with Gasteiger partial charge in [0.1, 0.15) is 0 Å². The summed E-state index contributed by atoms with van der Waals surface area (Å²) in [6.07, 6.45) is 6.63. The number of nitrogens with one attached hydrogen (secondary N) is 2. The monoisotopic (exact) mass is 253 g/mol. The lowest BCUT2D eigenvalue weighted by Gasteiger charge is -2.39. The smallest absolute Gasteiger partial charge is 0.234 e. The van der Waals surface area contributed by atoms with Gasteiger partial charge in [-0.25, -0.2) is 5.01 Å². The minimum Gasteiger partial charge on any atom is -0.317 e. The SMILES string of the molecule is CC1CCCC(C)N1NC(=O)CC1CCNCC1. The van der Waals surface area contributed by atoms with Crippen molar-refractivity contribution < 1.29 is 4.79 Å². The molecule has 4 heteroatoms. The van der Waals surface area contributed by atoms with Crippen molar-refractivity contribution in [1.82, 2.24) is 15.8 Å². The summed E-state index contributed by atoms with van der Waals surface area (Å²) < 4.78 is 0. The third-order valence-electron chi connectivity index (χ3n) is 4.38. The van der Waals surface area contributed by atoms with Gasteiger partial charge < -0.3 is 5.32 Å². The molecule has 2 N–H and O–H groups in total. The maximum absolute atomic E-state index is 12.1. The summed E-state index contributed by atoms with van der Waals surface area (Å²) in [5, 5.41) is 5.51. The average Bonchev–Trinajstić information content (AvgIpc) is 2.35. The Morgan fingerprint density at radius 1 is 1.17 bits per heavy atom. The van der Waals surface area contributed by atoms with Crippen LogP contribution in [0.25, 0.3) is 0 Å². The topological polar surface area (TPSA) is 44.4 Å². The van der Waals surface area contributed by atoms with Crippen molar-refractivity contribution in [3.63, 3.8) is 0 Å². The van der Waals surface area contributed by atoms with Crippen LogP contribution in [-0.2, 0) is 4.79 Å². The Hall–Kier alpha value is -0.610. The molecule has 0 aliphatic carbocycles. The number of carbonyl (C=O) groups is 1. The maximum Gasteiger partial charge on any atom is 0.234 e. The third kappa shape index (κ3) is 3.69. The summed E-state index contributed by atoms with van der Waals surface area (Å²) in [6, 6.07) is 0.955. The molecule has 2 aliphatic rings. The van der Waals surface area contributed by atoms with Crippen molar-refractivity contribution >= 4 is 5.91 Å². The van der Waals surface area contributed by atoms with E-state index >= 15 is 0 Å². The van der Waals surface area contributed by atoms with Crippen LogP contribution in [0.1, 0.15) is 52.4 Å². The molecule has 0 bridgehead atoms. The summed E-state index contributed by atoms with van der Waals surface area (Å²) in [5.74, 6) is 0.782. The fraction of sp³-hybridized carbons (Fsp3) is 0.929. The molecule has 0 aromatic carbocycles. The number of hydrazine groups is 1. The first-order chi connectivity index (χ1) is 8.66. The fourth-order valence-corrected chi connectivity index (χ4v) is 3.18. The van der Waals surface area contributed by atoms with Crippen molar-refractivity contribution in [3.05, 3.63) is 0 Å². The van der Waals surface area contributed by atoms with Gasteiger partial charge in [-0.2, -0.15) is 0 Å². The Balaban J connectivity index is 1.78. The second-order valence-corrected chi connectivity index (χ2v) is 5.97. The van der Waals surface area contributed by atoms with Crippen LogP contribution < -0.4 is 10.7 Å². The lowest BCUT2D eigenvalue weighted by molar-refractivity contribution is -0.130. The number of hydrogen-bond acceptors (Lipinski definition) is 3. The van der Waals surface area contributed by atoms with Crippen molar-refractivity contribution in [2.24, 2.45) is 5.92 Å². The predicted octanol–water partition coefficient (Wildman–Crippen LogP) is 1.67. The number of hydrogen-bond donors (Lipinski definition) is 2. The Morgan fingerprint density at radius 3 is 2.39 bits per heavy atom. The molecule has 18 heavy (non-hydrogen) atoms. The Kier molecular flexibility index (Phi) is 5.01. The van der Waals surface area contributed by atoms with E-state index in [1.807, 2.05) is 0 Å². The van der Waals surface area contributed by atoms with Crippen molar-refractivity contribution in [3.8, 4) is 0 Å². The molecule has 1 amide bonds. The van der Waals surface area contributed by atoms with Crippen LogP contribution in [0.4, 0.5) is 0 Å². The van der Waals surface area contributed by atoms with Gasteiger partial charge in [0.05, 0.1) is 0 Å². The lowest BCUT2D eigenvalue weighted by atomic mass is 9.94. The van der Waals surface area contributed by atoms with Crippen molar-refractivity contribution in [1.29, 1.82) is 0 Å². The molecule has 0 saturated carbocycles. The van der Waals surface area contributed by atoms with Gasteiger partial charge in [0, 0.05) is 18.5 Å². The number of piperidine rings is 2. The second-order valence-electron chi connectivity index (χ2n) is 5.97. The molecule has 2 rings (SSSR count).